The lowest BCUT2D eigenvalue weighted by atomic mass is 9.85. The lowest BCUT2D eigenvalue weighted by Gasteiger charge is -2.22. The second kappa shape index (κ2) is 10.9. The average molecular weight is 655 g/mol. The number of aromatic hydroxyl groups is 2. The SMILES string of the molecule is CC(C)(C)c1cc(Br)cc(C=Nc2cc(Cl)c(Cl)cc2N=Cc2cc(Br)cc(C(C)(C)C)c2O)c1O. The van der Waals surface area contributed by atoms with E-state index >= 15 is 0 Å². The van der Waals surface area contributed by atoms with Gasteiger partial charge in [0.25, 0.3) is 0 Å². The van der Waals surface area contributed by atoms with Gasteiger partial charge in [0.05, 0.1) is 21.4 Å². The highest BCUT2D eigenvalue weighted by molar-refractivity contribution is 9.10. The molecule has 8 heteroatoms. The zero-order valence-corrected chi connectivity index (χ0v) is 25.6. The van der Waals surface area contributed by atoms with Crippen LogP contribution in [0.25, 0.3) is 0 Å². The molecule has 0 aliphatic carbocycles. The zero-order valence-electron chi connectivity index (χ0n) is 20.9. The van der Waals surface area contributed by atoms with Crippen molar-refractivity contribution in [1.29, 1.82) is 0 Å². The summed E-state index contributed by atoms with van der Waals surface area (Å²) in [5.41, 5.74) is 3.10. The number of nitrogens with zero attached hydrogens (tertiary/aromatic N) is 2. The lowest BCUT2D eigenvalue weighted by molar-refractivity contribution is 0.445. The molecule has 0 saturated carbocycles. The number of hydrogen-bond acceptors (Lipinski definition) is 4. The normalized spacial score (nSPS) is 12.7. The molecule has 0 radical (unpaired) electrons. The molecule has 0 bridgehead atoms. The highest BCUT2D eigenvalue weighted by atomic mass is 79.9. The van der Waals surface area contributed by atoms with E-state index < -0.39 is 0 Å². The minimum atomic E-state index is -0.257. The van der Waals surface area contributed by atoms with Gasteiger partial charge >= 0.3 is 0 Å². The van der Waals surface area contributed by atoms with Crippen molar-refractivity contribution in [2.24, 2.45) is 9.98 Å². The molecule has 0 atom stereocenters. The van der Waals surface area contributed by atoms with Crippen molar-refractivity contribution in [3.63, 3.8) is 0 Å². The molecular formula is C28H28Br2Cl2N2O2. The highest BCUT2D eigenvalue weighted by Crippen LogP contribution is 2.39. The summed E-state index contributed by atoms with van der Waals surface area (Å²) in [6, 6.07) is 10.6. The Labute approximate surface area is 239 Å². The van der Waals surface area contributed by atoms with Crippen LogP contribution in [0.3, 0.4) is 0 Å². The quantitative estimate of drug-likeness (QED) is 0.275. The van der Waals surface area contributed by atoms with Gasteiger partial charge in [-0.2, -0.15) is 0 Å². The predicted molar refractivity (Wildman–Crippen MR) is 160 cm³/mol. The third kappa shape index (κ3) is 6.71. The lowest BCUT2D eigenvalue weighted by Crippen LogP contribution is -2.12. The first-order valence-corrected chi connectivity index (χ1v) is 13.6. The largest absolute Gasteiger partial charge is 0.507 e. The van der Waals surface area contributed by atoms with Gasteiger partial charge in [-0.15, -0.1) is 0 Å². The van der Waals surface area contributed by atoms with Gasteiger partial charge < -0.3 is 10.2 Å². The van der Waals surface area contributed by atoms with Gasteiger partial charge in [0, 0.05) is 43.6 Å². The van der Waals surface area contributed by atoms with Crippen LogP contribution in [-0.2, 0) is 10.8 Å². The van der Waals surface area contributed by atoms with E-state index in [0.29, 0.717) is 32.5 Å². The third-order valence-electron chi connectivity index (χ3n) is 5.53. The van der Waals surface area contributed by atoms with Crippen LogP contribution in [0.4, 0.5) is 11.4 Å². The van der Waals surface area contributed by atoms with Crippen molar-refractivity contribution < 1.29 is 10.2 Å². The van der Waals surface area contributed by atoms with E-state index in [1.54, 1.807) is 36.7 Å². The van der Waals surface area contributed by atoms with Crippen LogP contribution in [0.2, 0.25) is 10.0 Å². The molecule has 0 aliphatic heterocycles. The number of hydrogen-bond donors (Lipinski definition) is 2. The van der Waals surface area contributed by atoms with Crippen LogP contribution in [0.1, 0.15) is 63.8 Å². The summed E-state index contributed by atoms with van der Waals surface area (Å²) in [5, 5.41) is 22.4. The van der Waals surface area contributed by atoms with E-state index in [2.05, 4.69) is 41.8 Å². The molecule has 0 saturated heterocycles. The topological polar surface area (TPSA) is 65.2 Å². The molecule has 3 rings (SSSR count). The molecule has 190 valence electrons. The van der Waals surface area contributed by atoms with Crippen LogP contribution >= 0.6 is 55.1 Å². The summed E-state index contributed by atoms with van der Waals surface area (Å²) >= 11 is 19.6. The maximum absolute atomic E-state index is 10.9. The minimum Gasteiger partial charge on any atom is -0.507 e. The molecule has 0 heterocycles. The van der Waals surface area contributed by atoms with Gasteiger partial charge in [0.2, 0.25) is 0 Å². The molecule has 2 N–H and O–H groups in total. The summed E-state index contributed by atoms with van der Waals surface area (Å²) in [4.78, 5) is 9.16. The molecule has 0 amide bonds. The van der Waals surface area contributed by atoms with Crippen molar-refractivity contribution >= 4 is 78.9 Å². The van der Waals surface area contributed by atoms with E-state index in [4.69, 9.17) is 23.2 Å². The number of aliphatic imine (C=N–C) groups is 2. The second-order valence-electron chi connectivity index (χ2n) is 10.6. The maximum atomic E-state index is 10.9. The Morgan fingerprint density at radius 1 is 0.639 bits per heavy atom. The standard InChI is InChI=1S/C28H28Br2Cl2N2O2/c1-27(2,3)19-9-17(29)7-15(25(19)35)13-33-23-11-21(31)22(32)12-24(23)34-14-16-8-18(30)10-20(26(16)36)28(4,5)6/h7-14,35-36H,1-6H3. The number of halogens is 4. The fourth-order valence-corrected chi connectivity index (χ4v) is 4.86. The smallest absolute Gasteiger partial charge is 0.128 e. The first kappa shape index (κ1) is 28.7. The second-order valence-corrected chi connectivity index (χ2v) is 13.2. The van der Waals surface area contributed by atoms with Crippen molar-refractivity contribution in [2.75, 3.05) is 0 Å². The molecule has 0 aromatic heterocycles. The number of phenolic OH excluding ortho intramolecular Hbond substituents is 2. The Bertz CT molecular complexity index is 1270. The molecule has 3 aromatic carbocycles. The Morgan fingerprint density at radius 3 is 1.28 bits per heavy atom. The average Bonchev–Trinajstić information content (AvgIpc) is 2.75. The fourth-order valence-electron chi connectivity index (χ4n) is 3.59. The van der Waals surface area contributed by atoms with Crippen LogP contribution in [0.5, 0.6) is 11.5 Å². The van der Waals surface area contributed by atoms with Gasteiger partial charge in [0.15, 0.2) is 0 Å². The Kier molecular flexibility index (Phi) is 8.66. The number of phenols is 2. The molecular weight excluding hydrogens is 627 g/mol. The minimum absolute atomic E-state index is 0.160. The molecule has 36 heavy (non-hydrogen) atoms. The van der Waals surface area contributed by atoms with Crippen molar-refractivity contribution in [3.05, 3.63) is 77.6 Å². The summed E-state index contributed by atoms with van der Waals surface area (Å²) in [6.45, 7) is 12.2. The number of rotatable bonds is 4. The summed E-state index contributed by atoms with van der Waals surface area (Å²) in [6.07, 6.45) is 3.14. The van der Waals surface area contributed by atoms with E-state index in [9.17, 15) is 10.2 Å². The van der Waals surface area contributed by atoms with Crippen LogP contribution in [0.15, 0.2) is 55.3 Å². The van der Waals surface area contributed by atoms with Crippen molar-refractivity contribution in [3.8, 4) is 11.5 Å². The van der Waals surface area contributed by atoms with Gasteiger partial charge in [-0.25, -0.2) is 0 Å². The summed E-state index contributed by atoms with van der Waals surface area (Å²) in [7, 11) is 0. The van der Waals surface area contributed by atoms with Gasteiger partial charge in [-0.05, 0) is 47.2 Å². The highest BCUT2D eigenvalue weighted by Gasteiger charge is 2.22. The van der Waals surface area contributed by atoms with Crippen molar-refractivity contribution in [1.82, 2.24) is 0 Å². The maximum Gasteiger partial charge on any atom is 0.128 e. The molecule has 4 nitrogen and oxygen atoms in total. The van der Waals surface area contributed by atoms with Crippen molar-refractivity contribution in [2.45, 2.75) is 52.4 Å². The summed E-state index contributed by atoms with van der Waals surface area (Å²) < 4.78 is 1.66. The van der Waals surface area contributed by atoms with E-state index in [-0.39, 0.29) is 22.3 Å². The van der Waals surface area contributed by atoms with Gasteiger partial charge in [-0.3, -0.25) is 9.98 Å². The molecule has 0 spiro atoms. The van der Waals surface area contributed by atoms with E-state index in [1.807, 2.05) is 53.7 Å². The van der Waals surface area contributed by atoms with Crippen LogP contribution in [0, 0.1) is 0 Å². The molecule has 0 fully saturated rings. The Balaban J connectivity index is 2.09. The predicted octanol–water partition coefficient (Wildman–Crippen LogP) is 10.0. The fraction of sp³-hybridized carbons (Fsp3) is 0.286. The third-order valence-corrected chi connectivity index (χ3v) is 7.17. The van der Waals surface area contributed by atoms with Gasteiger partial charge in [-0.1, -0.05) is 96.6 Å². The van der Waals surface area contributed by atoms with Crippen LogP contribution in [-0.4, -0.2) is 22.6 Å². The number of benzene rings is 3. The first-order valence-electron chi connectivity index (χ1n) is 11.2. The monoisotopic (exact) mass is 652 g/mol. The van der Waals surface area contributed by atoms with Gasteiger partial charge in [0.1, 0.15) is 11.5 Å². The Hall–Kier alpha value is -1.86. The Morgan fingerprint density at radius 2 is 0.972 bits per heavy atom. The molecule has 0 aliphatic rings. The van der Waals surface area contributed by atoms with E-state index in [1.165, 1.54) is 0 Å². The van der Waals surface area contributed by atoms with E-state index in [0.717, 1.165) is 20.1 Å². The van der Waals surface area contributed by atoms with Crippen LogP contribution < -0.4 is 0 Å². The molecule has 3 aromatic rings. The molecule has 0 unspecified atom stereocenters. The zero-order chi connectivity index (χ0) is 27.0. The summed E-state index contributed by atoms with van der Waals surface area (Å²) in [5.74, 6) is 0.321. The first-order chi connectivity index (χ1) is 16.6.